The van der Waals surface area contributed by atoms with E-state index in [-0.39, 0.29) is 30.5 Å². The van der Waals surface area contributed by atoms with Crippen molar-refractivity contribution in [3.63, 3.8) is 0 Å². The molecule has 1 aromatic heterocycles. The van der Waals surface area contributed by atoms with Crippen LogP contribution >= 0.6 is 0 Å². The van der Waals surface area contributed by atoms with Gasteiger partial charge >= 0.3 is 12.3 Å². The van der Waals surface area contributed by atoms with Gasteiger partial charge in [0.1, 0.15) is 11.7 Å². The van der Waals surface area contributed by atoms with E-state index in [9.17, 15) is 22.8 Å². The maximum Gasteiger partial charge on any atom is 0.419 e. The van der Waals surface area contributed by atoms with Crippen LogP contribution in [0.3, 0.4) is 0 Å². The summed E-state index contributed by atoms with van der Waals surface area (Å²) in [5.74, 6) is 0.181. The van der Waals surface area contributed by atoms with Crippen molar-refractivity contribution in [1.29, 1.82) is 0 Å². The van der Waals surface area contributed by atoms with Crippen molar-refractivity contribution in [3.05, 3.63) is 18.0 Å². The van der Waals surface area contributed by atoms with Gasteiger partial charge in [0.05, 0.1) is 18.2 Å². The van der Waals surface area contributed by atoms with Gasteiger partial charge in [-0.3, -0.25) is 4.79 Å². The minimum absolute atomic E-state index is 0.0316. The number of halogens is 3. The van der Waals surface area contributed by atoms with Crippen LogP contribution in [0.5, 0.6) is 0 Å². The summed E-state index contributed by atoms with van der Waals surface area (Å²) >= 11 is 0. The molecule has 3 rings (SSSR count). The molecule has 1 unspecified atom stereocenters. The highest BCUT2D eigenvalue weighted by molar-refractivity contribution is 5.83. The summed E-state index contributed by atoms with van der Waals surface area (Å²) in [5, 5.41) is 2.69. The third kappa shape index (κ3) is 6.94. The first-order valence-electron chi connectivity index (χ1n) is 11.4. The number of ether oxygens (including phenoxy) is 2. The highest BCUT2D eigenvalue weighted by atomic mass is 19.4. The van der Waals surface area contributed by atoms with E-state index in [1.807, 2.05) is 9.80 Å². The van der Waals surface area contributed by atoms with Crippen molar-refractivity contribution in [1.82, 2.24) is 20.2 Å². The zero-order valence-corrected chi connectivity index (χ0v) is 19.9. The zero-order valence-electron chi connectivity index (χ0n) is 19.9. The lowest BCUT2D eigenvalue weighted by atomic mass is 10.0. The highest BCUT2D eigenvalue weighted by Gasteiger charge is 2.38. The molecule has 2 atom stereocenters. The molecule has 3 heterocycles. The van der Waals surface area contributed by atoms with Crippen LogP contribution in [0.25, 0.3) is 0 Å². The molecule has 2 aliphatic rings. The maximum absolute atomic E-state index is 12.9. The molecule has 0 aromatic carbocycles. The van der Waals surface area contributed by atoms with Gasteiger partial charge in [-0.2, -0.15) is 13.2 Å². The third-order valence-electron chi connectivity index (χ3n) is 5.65. The summed E-state index contributed by atoms with van der Waals surface area (Å²) in [6.07, 6.45) is -2.08. The molecule has 2 saturated heterocycles. The molecule has 0 bridgehead atoms. The van der Waals surface area contributed by atoms with Crippen LogP contribution in [0.2, 0.25) is 0 Å². The molecular formula is C22H32F3N5O4. The first-order chi connectivity index (χ1) is 15.8. The summed E-state index contributed by atoms with van der Waals surface area (Å²) in [6, 6.07) is -0.284. The van der Waals surface area contributed by atoms with E-state index in [1.165, 1.54) is 0 Å². The third-order valence-corrected chi connectivity index (χ3v) is 5.65. The van der Waals surface area contributed by atoms with E-state index in [2.05, 4.69) is 15.3 Å². The number of alkyl carbamates (subject to hydrolysis) is 1. The van der Waals surface area contributed by atoms with Crippen molar-refractivity contribution in [2.75, 3.05) is 31.1 Å². The maximum atomic E-state index is 12.9. The Hall–Kier alpha value is -2.63. The molecule has 0 aliphatic carbocycles. The van der Waals surface area contributed by atoms with Crippen molar-refractivity contribution >= 4 is 17.9 Å². The molecule has 0 radical (unpaired) electrons. The van der Waals surface area contributed by atoms with Crippen LogP contribution in [0, 0.1) is 0 Å². The van der Waals surface area contributed by atoms with E-state index in [0.717, 1.165) is 12.4 Å². The Morgan fingerprint density at radius 3 is 2.32 bits per heavy atom. The van der Waals surface area contributed by atoms with Gasteiger partial charge in [0, 0.05) is 44.5 Å². The van der Waals surface area contributed by atoms with Gasteiger partial charge in [0.2, 0.25) is 5.95 Å². The molecular weight excluding hydrogens is 455 g/mol. The number of aromatic nitrogens is 2. The SMILES string of the molecule is C[C@@H](COC1CCN(C2CCN(c3ncc(C(F)(F)F)cn3)CC2)C1=O)NC(=O)OC(C)(C)C. The average Bonchev–Trinajstić information content (AvgIpc) is 3.11. The number of hydrogen-bond acceptors (Lipinski definition) is 7. The second kappa shape index (κ2) is 10.3. The molecule has 190 valence electrons. The fraction of sp³-hybridized carbons (Fsp3) is 0.727. The number of amides is 2. The summed E-state index contributed by atoms with van der Waals surface area (Å²) in [5.41, 5.74) is -1.48. The predicted octanol–water partition coefficient (Wildman–Crippen LogP) is 2.99. The molecule has 2 aliphatic heterocycles. The molecule has 2 fully saturated rings. The van der Waals surface area contributed by atoms with Crippen molar-refractivity contribution in [2.45, 2.75) is 76.9 Å². The van der Waals surface area contributed by atoms with Crippen molar-refractivity contribution in [3.8, 4) is 0 Å². The van der Waals surface area contributed by atoms with Crippen LogP contribution < -0.4 is 10.2 Å². The largest absolute Gasteiger partial charge is 0.444 e. The van der Waals surface area contributed by atoms with E-state index < -0.39 is 29.5 Å². The predicted molar refractivity (Wildman–Crippen MR) is 117 cm³/mol. The van der Waals surface area contributed by atoms with E-state index in [4.69, 9.17) is 9.47 Å². The average molecular weight is 488 g/mol. The first-order valence-corrected chi connectivity index (χ1v) is 11.4. The van der Waals surface area contributed by atoms with E-state index >= 15 is 0 Å². The minimum Gasteiger partial charge on any atom is -0.444 e. The second-order valence-corrected chi connectivity index (χ2v) is 9.68. The molecule has 34 heavy (non-hydrogen) atoms. The summed E-state index contributed by atoms with van der Waals surface area (Å²) in [6.45, 7) is 8.97. The molecule has 1 aromatic rings. The van der Waals surface area contributed by atoms with Crippen LogP contribution in [0.15, 0.2) is 12.4 Å². The molecule has 12 heteroatoms. The monoisotopic (exact) mass is 487 g/mol. The zero-order chi connectivity index (χ0) is 25.1. The second-order valence-electron chi connectivity index (χ2n) is 9.68. The summed E-state index contributed by atoms with van der Waals surface area (Å²) < 4.78 is 49.1. The lowest BCUT2D eigenvalue weighted by Gasteiger charge is -2.36. The number of likely N-dealkylation sites (tertiary alicyclic amines) is 1. The van der Waals surface area contributed by atoms with Gasteiger partial charge in [-0.15, -0.1) is 0 Å². The number of alkyl halides is 3. The normalized spacial score (nSPS) is 21.0. The Kier molecular flexibility index (Phi) is 7.89. The molecule has 9 nitrogen and oxygen atoms in total. The molecule has 0 spiro atoms. The van der Waals surface area contributed by atoms with Gasteiger partial charge in [0.15, 0.2) is 0 Å². The van der Waals surface area contributed by atoms with Gasteiger partial charge < -0.3 is 24.6 Å². The Labute approximate surface area is 197 Å². The fourth-order valence-electron chi connectivity index (χ4n) is 4.01. The van der Waals surface area contributed by atoms with Crippen molar-refractivity contribution in [2.24, 2.45) is 0 Å². The number of nitrogens with one attached hydrogen (secondary N) is 1. The molecule has 1 N–H and O–H groups in total. The van der Waals surface area contributed by atoms with Crippen molar-refractivity contribution < 1.29 is 32.2 Å². The van der Waals surface area contributed by atoms with Gasteiger partial charge in [-0.05, 0) is 40.5 Å². The lowest BCUT2D eigenvalue weighted by molar-refractivity contribution is -0.140. The van der Waals surface area contributed by atoms with E-state index in [0.29, 0.717) is 38.9 Å². The Morgan fingerprint density at radius 2 is 1.76 bits per heavy atom. The highest BCUT2D eigenvalue weighted by Crippen LogP contribution is 2.29. The molecule has 0 saturated carbocycles. The van der Waals surface area contributed by atoms with Crippen LogP contribution in [0.4, 0.5) is 23.9 Å². The number of nitrogens with zero attached hydrogens (tertiary/aromatic N) is 4. The van der Waals surface area contributed by atoms with Crippen LogP contribution in [-0.4, -0.2) is 76.9 Å². The van der Waals surface area contributed by atoms with Gasteiger partial charge in [-0.1, -0.05) is 0 Å². The smallest absolute Gasteiger partial charge is 0.419 e. The topological polar surface area (TPSA) is 96.9 Å². The molecule has 2 amide bonds. The lowest BCUT2D eigenvalue weighted by Crippen LogP contribution is -2.47. The van der Waals surface area contributed by atoms with Crippen LogP contribution in [-0.2, 0) is 20.4 Å². The quantitative estimate of drug-likeness (QED) is 0.659. The fourth-order valence-corrected chi connectivity index (χ4v) is 4.01. The number of piperidine rings is 1. The first kappa shape index (κ1) is 26.0. The van der Waals surface area contributed by atoms with Crippen LogP contribution in [0.1, 0.15) is 52.5 Å². The number of hydrogen-bond donors (Lipinski definition) is 1. The Morgan fingerprint density at radius 1 is 1.15 bits per heavy atom. The summed E-state index contributed by atoms with van der Waals surface area (Å²) in [7, 11) is 0. The number of rotatable bonds is 6. The van der Waals surface area contributed by atoms with Gasteiger partial charge in [-0.25, -0.2) is 14.8 Å². The Bertz CT molecular complexity index is 852. The summed E-state index contributed by atoms with van der Waals surface area (Å²) in [4.78, 5) is 36.1. The number of anilines is 1. The standard InChI is InChI=1S/C22H32F3N5O4/c1-14(28-20(32)34-21(2,3)4)13-33-17-7-10-30(18(17)31)16-5-8-29(9-6-16)19-26-11-15(12-27-19)22(23,24)25/h11-12,14,16-17H,5-10,13H2,1-4H3,(H,28,32)/t14-,17?/m0/s1. The van der Waals surface area contributed by atoms with Gasteiger partial charge in [0.25, 0.3) is 5.91 Å². The number of carbonyl (C=O) groups is 2. The number of carbonyl (C=O) groups excluding carboxylic acids is 2. The Balaban J connectivity index is 1.43. The van der Waals surface area contributed by atoms with E-state index in [1.54, 1.807) is 27.7 Å². The minimum atomic E-state index is -4.47.